The Morgan fingerprint density at radius 3 is 2.49 bits per heavy atom. The van der Waals surface area contributed by atoms with Gasteiger partial charge in [0.15, 0.2) is 4.80 Å². The molecule has 3 aromatic carbocycles. The predicted octanol–water partition coefficient (Wildman–Crippen LogP) is 4.75. The van der Waals surface area contributed by atoms with Crippen molar-refractivity contribution in [2.75, 3.05) is 20.8 Å². The molecule has 1 aliphatic rings. The number of ether oxygens (including phenoxy) is 3. The number of hydrogen-bond acceptors (Lipinski definition) is 7. The van der Waals surface area contributed by atoms with Crippen LogP contribution in [-0.2, 0) is 9.53 Å². The maximum absolute atomic E-state index is 14.1. The van der Waals surface area contributed by atoms with E-state index in [-0.39, 0.29) is 12.2 Å². The highest BCUT2D eigenvalue weighted by Gasteiger charge is 2.37. The number of thiazole rings is 1. The summed E-state index contributed by atoms with van der Waals surface area (Å²) in [7, 11) is 3.21. The lowest BCUT2D eigenvalue weighted by molar-refractivity contribution is -0.139. The molecule has 1 atom stereocenters. The average molecular weight is 543 g/mol. The van der Waals surface area contributed by atoms with Crippen molar-refractivity contribution in [2.45, 2.75) is 32.7 Å². The molecule has 4 aromatic rings. The fraction of sp³-hybridized carbons (Fsp3) is 0.258. The highest BCUT2D eigenvalue weighted by molar-refractivity contribution is 7.07. The molecule has 0 saturated carbocycles. The molecule has 2 heterocycles. The molecule has 0 bridgehead atoms. The summed E-state index contributed by atoms with van der Waals surface area (Å²) in [5.41, 5.74) is 2.37. The van der Waals surface area contributed by atoms with Gasteiger partial charge < -0.3 is 14.2 Å². The number of carbonyl (C=O) groups is 1. The van der Waals surface area contributed by atoms with Crippen LogP contribution in [0.4, 0.5) is 0 Å². The summed E-state index contributed by atoms with van der Waals surface area (Å²) in [5.74, 6) is 0.844. The van der Waals surface area contributed by atoms with Gasteiger partial charge in [-0.1, -0.05) is 67.1 Å². The van der Waals surface area contributed by atoms with Crippen LogP contribution in [0.2, 0.25) is 0 Å². The topological polar surface area (TPSA) is 79.1 Å². The number of hydrogen-bond donors (Lipinski definition) is 0. The number of carbonyl (C=O) groups excluding carboxylic acids is 1. The summed E-state index contributed by atoms with van der Waals surface area (Å²) in [4.78, 5) is 33.1. The van der Waals surface area contributed by atoms with Gasteiger partial charge in [0.05, 0.1) is 36.6 Å². The molecule has 0 aliphatic carbocycles. The predicted molar refractivity (Wildman–Crippen MR) is 153 cm³/mol. The molecule has 0 N–H and O–H groups in total. The molecule has 1 aromatic heterocycles. The summed E-state index contributed by atoms with van der Waals surface area (Å²) >= 11 is 1.31. The third-order valence-corrected chi connectivity index (χ3v) is 7.71. The van der Waals surface area contributed by atoms with E-state index in [2.05, 4.69) is 0 Å². The fourth-order valence-electron chi connectivity index (χ4n) is 4.98. The van der Waals surface area contributed by atoms with Crippen molar-refractivity contribution in [3.63, 3.8) is 0 Å². The Morgan fingerprint density at radius 1 is 1.03 bits per heavy atom. The molecule has 0 saturated heterocycles. The number of rotatable bonds is 8. The van der Waals surface area contributed by atoms with Gasteiger partial charge in [0.1, 0.15) is 17.5 Å². The normalized spacial score (nSPS) is 15.2. The molecule has 0 radical (unpaired) electrons. The molecular formula is C31H30N2O5S. The van der Waals surface area contributed by atoms with E-state index in [1.807, 2.05) is 73.7 Å². The average Bonchev–Trinajstić information content (AvgIpc) is 3.26. The quantitative estimate of drug-likeness (QED) is 0.300. The van der Waals surface area contributed by atoms with Crippen molar-refractivity contribution in [1.29, 1.82) is 0 Å². The molecular weight excluding hydrogens is 512 g/mol. The Labute approximate surface area is 230 Å². The first kappa shape index (κ1) is 26.4. The second kappa shape index (κ2) is 11.3. The monoisotopic (exact) mass is 542 g/mol. The van der Waals surface area contributed by atoms with Crippen molar-refractivity contribution in [1.82, 2.24) is 4.57 Å². The molecule has 5 rings (SSSR count). The molecule has 7 nitrogen and oxygen atoms in total. The lowest BCUT2D eigenvalue weighted by Gasteiger charge is -2.28. The van der Waals surface area contributed by atoms with Crippen molar-refractivity contribution in [3.8, 4) is 11.5 Å². The minimum absolute atomic E-state index is 0.211. The highest BCUT2D eigenvalue weighted by Crippen LogP contribution is 2.41. The number of benzene rings is 3. The van der Waals surface area contributed by atoms with Gasteiger partial charge in [-0.25, -0.2) is 9.79 Å². The van der Waals surface area contributed by atoms with Crippen molar-refractivity contribution in [2.24, 2.45) is 4.99 Å². The maximum Gasteiger partial charge on any atom is 0.338 e. The first-order valence-electron chi connectivity index (χ1n) is 12.9. The van der Waals surface area contributed by atoms with Gasteiger partial charge in [-0.3, -0.25) is 9.36 Å². The van der Waals surface area contributed by atoms with Crippen LogP contribution >= 0.6 is 11.3 Å². The number of allylic oxidation sites excluding steroid dienone is 1. The second-order valence-electron chi connectivity index (χ2n) is 9.09. The first-order chi connectivity index (χ1) is 19.0. The summed E-state index contributed by atoms with van der Waals surface area (Å²) < 4.78 is 18.8. The first-order valence-corrected chi connectivity index (χ1v) is 13.7. The summed E-state index contributed by atoms with van der Waals surface area (Å²) in [6.45, 7) is 4.02. The molecule has 0 spiro atoms. The summed E-state index contributed by atoms with van der Waals surface area (Å²) in [6, 6.07) is 18.5. The highest BCUT2D eigenvalue weighted by atomic mass is 32.1. The number of esters is 1. The fourth-order valence-corrected chi connectivity index (χ4v) is 6.00. The minimum atomic E-state index is -0.763. The van der Waals surface area contributed by atoms with E-state index >= 15 is 0 Å². The van der Waals surface area contributed by atoms with E-state index in [0.717, 1.165) is 34.1 Å². The zero-order valence-corrected chi connectivity index (χ0v) is 23.2. The van der Waals surface area contributed by atoms with Gasteiger partial charge in [-0.15, -0.1) is 0 Å². The van der Waals surface area contributed by atoms with Gasteiger partial charge in [0.25, 0.3) is 5.56 Å². The maximum atomic E-state index is 14.1. The third-order valence-electron chi connectivity index (χ3n) is 6.73. The van der Waals surface area contributed by atoms with Gasteiger partial charge >= 0.3 is 5.97 Å². The van der Waals surface area contributed by atoms with E-state index in [0.29, 0.717) is 32.8 Å². The van der Waals surface area contributed by atoms with Gasteiger partial charge in [0, 0.05) is 5.56 Å². The molecule has 1 aliphatic heterocycles. The Bertz CT molecular complexity index is 1750. The van der Waals surface area contributed by atoms with E-state index < -0.39 is 12.0 Å². The molecule has 1 unspecified atom stereocenters. The van der Waals surface area contributed by atoms with Crippen LogP contribution in [0, 0.1) is 0 Å². The Balaban J connectivity index is 1.85. The van der Waals surface area contributed by atoms with Gasteiger partial charge in [-0.05, 0) is 54.0 Å². The van der Waals surface area contributed by atoms with E-state index in [9.17, 15) is 9.59 Å². The lowest BCUT2D eigenvalue weighted by Crippen LogP contribution is -2.40. The number of aromatic nitrogens is 1. The zero-order chi connectivity index (χ0) is 27.5. The van der Waals surface area contributed by atoms with Crippen LogP contribution in [0.1, 0.15) is 43.9 Å². The standard InChI is InChI=1S/C31H30N2O5S/c1-5-9-23-27(30(35)38-6-2)28(26-22-11-8-7-10-20(22)14-17-24(26)37-4)33-29(34)25(39-31(33)32-23)18-19-12-15-21(36-3)16-13-19/h7-8,10-18,28H,5-6,9H2,1-4H3. The third kappa shape index (κ3) is 4.88. The molecule has 200 valence electrons. The smallest absolute Gasteiger partial charge is 0.338 e. The number of methoxy groups -OCH3 is 2. The van der Waals surface area contributed by atoms with Crippen molar-refractivity contribution >= 4 is 34.2 Å². The molecule has 39 heavy (non-hydrogen) atoms. The molecule has 0 amide bonds. The molecule has 8 heteroatoms. The number of fused-ring (bicyclic) bond motifs is 2. The van der Waals surface area contributed by atoms with Crippen LogP contribution in [0.15, 0.2) is 81.7 Å². The lowest BCUT2D eigenvalue weighted by atomic mass is 9.90. The largest absolute Gasteiger partial charge is 0.497 e. The van der Waals surface area contributed by atoms with Crippen LogP contribution in [0.3, 0.4) is 0 Å². The number of nitrogens with zero attached hydrogens (tertiary/aromatic N) is 2. The SMILES string of the molecule is CCCC1=C(C(=O)OCC)C(c2c(OC)ccc3ccccc23)n2c(sc(=Cc3ccc(OC)cc3)c2=O)=N1. The summed E-state index contributed by atoms with van der Waals surface area (Å²) in [5, 5.41) is 1.87. The van der Waals surface area contributed by atoms with Crippen LogP contribution in [0.25, 0.3) is 16.8 Å². The zero-order valence-electron chi connectivity index (χ0n) is 22.4. The van der Waals surface area contributed by atoms with E-state index in [4.69, 9.17) is 19.2 Å². The Morgan fingerprint density at radius 2 is 1.79 bits per heavy atom. The second-order valence-corrected chi connectivity index (χ2v) is 10.1. The van der Waals surface area contributed by atoms with Crippen molar-refractivity contribution < 1.29 is 19.0 Å². The van der Waals surface area contributed by atoms with Crippen molar-refractivity contribution in [3.05, 3.63) is 103 Å². The van der Waals surface area contributed by atoms with Crippen LogP contribution in [-0.4, -0.2) is 31.4 Å². The summed E-state index contributed by atoms with van der Waals surface area (Å²) in [6.07, 6.45) is 3.19. The van der Waals surface area contributed by atoms with Gasteiger partial charge in [-0.2, -0.15) is 0 Å². The van der Waals surface area contributed by atoms with Crippen LogP contribution < -0.4 is 24.4 Å². The van der Waals surface area contributed by atoms with Crippen LogP contribution in [0.5, 0.6) is 11.5 Å². The molecule has 0 fully saturated rings. The Kier molecular flexibility index (Phi) is 7.65. The Hall–Kier alpha value is -4.17. The van der Waals surface area contributed by atoms with E-state index in [1.54, 1.807) is 25.7 Å². The minimum Gasteiger partial charge on any atom is -0.497 e. The van der Waals surface area contributed by atoms with Gasteiger partial charge in [0.2, 0.25) is 0 Å². The van der Waals surface area contributed by atoms with E-state index in [1.165, 1.54) is 11.3 Å².